The summed E-state index contributed by atoms with van der Waals surface area (Å²) in [5.41, 5.74) is 1.48. The number of hydrogen-bond donors (Lipinski definition) is 0. The molecule has 2 aromatic heterocycles. The smallest absolute Gasteiger partial charge is 0.271 e. The fourth-order valence-corrected chi connectivity index (χ4v) is 3.12. The number of hydrogen-bond acceptors (Lipinski definition) is 4. The maximum absolute atomic E-state index is 12.2. The van der Waals surface area contributed by atoms with Gasteiger partial charge in [0.05, 0.1) is 15.5 Å². The van der Waals surface area contributed by atoms with Crippen LogP contribution in [0.5, 0.6) is 0 Å². The lowest BCUT2D eigenvalue weighted by Gasteiger charge is -2.06. The van der Waals surface area contributed by atoms with Crippen molar-refractivity contribution < 1.29 is 9.72 Å². The third kappa shape index (κ3) is 3.33. The molecule has 0 bridgehead atoms. The van der Waals surface area contributed by atoms with Crippen LogP contribution in [0.2, 0.25) is 0 Å². The lowest BCUT2D eigenvalue weighted by molar-refractivity contribution is -0.384. The molecule has 3 aromatic rings. The van der Waals surface area contributed by atoms with Gasteiger partial charge in [0.15, 0.2) is 5.78 Å². The maximum Gasteiger partial charge on any atom is 0.271 e. The van der Waals surface area contributed by atoms with Crippen molar-refractivity contribution >= 4 is 28.9 Å². The van der Waals surface area contributed by atoms with E-state index in [2.05, 4.69) is 0 Å². The monoisotopic (exact) mass is 338 g/mol. The predicted molar refractivity (Wildman–Crippen MR) is 94.8 cm³/mol. The Morgan fingerprint density at radius 3 is 2.75 bits per heavy atom. The standard InChI is InChI=1S/C18H14N2O3S/c1-13-7-10-18(24-13)17(21)9-8-14-6-3-11-19(14)15-4-2-5-16(12-15)20(22)23/h2-12H,1H3/b9-8+. The second-order valence-corrected chi connectivity index (χ2v) is 6.48. The Kier molecular flexibility index (Phi) is 4.39. The average molecular weight is 338 g/mol. The van der Waals surface area contributed by atoms with Crippen LogP contribution in [0.15, 0.2) is 60.8 Å². The van der Waals surface area contributed by atoms with E-state index in [0.29, 0.717) is 10.6 Å². The number of nitro groups is 1. The summed E-state index contributed by atoms with van der Waals surface area (Å²) in [5, 5.41) is 10.9. The van der Waals surface area contributed by atoms with Crippen LogP contribution in [-0.4, -0.2) is 15.3 Å². The first-order chi connectivity index (χ1) is 11.5. The van der Waals surface area contributed by atoms with Crippen molar-refractivity contribution in [3.05, 3.63) is 86.4 Å². The van der Waals surface area contributed by atoms with Gasteiger partial charge >= 0.3 is 0 Å². The number of rotatable bonds is 5. The molecule has 0 radical (unpaired) electrons. The second-order valence-electron chi connectivity index (χ2n) is 5.19. The van der Waals surface area contributed by atoms with E-state index in [0.717, 1.165) is 10.6 Å². The zero-order chi connectivity index (χ0) is 17.1. The van der Waals surface area contributed by atoms with Crippen molar-refractivity contribution in [2.45, 2.75) is 6.92 Å². The van der Waals surface area contributed by atoms with Gasteiger partial charge in [-0.15, -0.1) is 11.3 Å². The van der Waals surface area contributed by atoms with Gasteiger partial charge in [0.1, 0.15) is 0 Å². The lowest BCUT2D eigenvalue weighted by Crippen LogP contribution is -1.97. The minimum absolute atomic E-state index is 0.0290. The summed E-state index contributed by atoms with van der Waals surface area (Å²) in [5.74, 6) is -0.0557. The normalized spacial score (nSPS) is 11.0. The van der Waals surface area contributed by atoms with E-state index < -0.39 is 4.92 Å². The number of nitro benzene ring substituents is 1. The van der Waals surface area contributed by atoms with E-state index >= 15 is 0 Å². The Hall–Kier alpha value is -2.99. The molecule has 1 aromatic carbocycles. The molecule has 0 saturated heterocycles. The van der Waals surface area contributed by atoms with Crippen LogP contribution in [0.4, 0.5) is 5.69 Å². The SMILES string of the molecule is Cc1ccc(C(=O)/C=C/c2cccn2-c2cccc([N+](=O)[O-])c2)s1. The van der Waals surface area contributed by atoms with Crippen LogP contribution in [-0.2, 0) is 0 Å². The largest absolute Gasteiger partial charge is 0.317 e. The fourth-order valence-electron chi connectivity index (χ4n) is 2.33. The summed E-state index contributed by atoms with van der Waals surface area (Å²) in [6.07, 6.45) is 5.04. The summed E-state index contributed by atoms with van der Waals surface area (Å²) >= 11 is 1.46. The van der Waals surface area contributed by atoms with Crippen molar-refractivity contribution in [3.63, 3.8) is 0 Å². The molecule has 0 amide bonds. The van der Waals surface area contributed by atoms with Crippen molar-refractivity contribution in [1.82, 2.24) is 4.57 Å². The highest BCUT2D eigenvalue weighted by Crippen LogP contribution is 2.20. The number of allylic oxidation sites excluding steroid dienone is 1. The molecule has 0 N–H and O–H groups in total. The number of carbonyl (C=O) groups excluding carboxylic acids is 1. The summed E-state index contributed by atoms with van der Waals surface area (Å²) < 4.78 is 1.80. The molecule has 0 spiro atoms. The minimum Gasteiger partial charge on any atom is -0.317 e. The van der Waals surface area contributed by atoms with Crippen molar-refractivity contribution in [2.75, 3.05) is 0 Å². The van der Waals surface area contributed by atoms with Crippen LogP contribution in [0.3, 0.4) is 0 Å². The van der Waals surface area contributed by atoms with Gasteiger partial charge in [-0.3, -0.25) is 14.9 Å². The number of aryl methyl sites for hydroxylation is 1. The molecule has 0 aliphatic heterocycles. The van der Waals surface area contributed by atoms with Crippen LogP contribution in [0, 0.1) is 17.0 Å². The minimum atomic E-state index is -0.425. The number of benzene rings is 1. The van der Waals surface area contributed by atoms with Gasteiger partial charge in [0.25, 0.3) is 5.69 Å². The first-order valence-corrected chi connectivity index (χ1v) is 8.07. The Labute approximate surface area is 142 Å². The quantitative estimate of drug-likeness (QED) is 0.294. The Balaban J connectivity index is 1.88. The lowest BCUT2D eigenvalue weighted by atomic mass is 10.2. The number of non-ortho nitro benzene ring substituents is 1. The van der Waals surface area contributed by atoms with Gasteiger partial charge in [0.2, 0.25) is 0 Å². The molecule has 0 aliphatic carbocycles. The summed E-state index contributed by atoms with van der Waals surface area (Å²) in [7, 11) is 0. The van der Waals surface area contributed by atoms with Gasteiger partial charge < -0.3 is 4.57 Å². The number of nitrogens with zero attached hydrogens (tertiary/aromatic N) is 2. The second kappa shape index (κ2) is 6.64. The first kappa shape index (κ1) is 15.9. The Morgan fingerprint density at radius 2 is 2.04 bits per heavy atom. The zero-order valence-corrected chi connectivity index (χ0v) is 13.7. The van der Waals surface area contributed by atoms with E-state index in [-0.39, 0.29) is 11.5 Å². The van der Waals surface area contributed by atoms with Crippen molar-refractivity contribution in [1.29, 1.82) is 0 Å². The van der Waals surface area contributed by atoms with Gasteiger partial charge in [-0.2, -0.15) is 0 Å². The molecule has 120 valence electrons. The van der Waals surface area contributed by atoms with Gasteiger partial charge in [-0.25, -0.2) is 0 Å². The van der Waals surface area contributed by atoms with Gasteiger partial charge in [0, 0.05) is 28.9 Å². The summed E-state index contributed by atoms with van der Waals surface area (Å²) in [6.45, 7) is 1.96. The number of ketones is 1. The highest BCUT2D eigenvalue weighted by molar-refractivity contribution is 7.14. The van der Waals surface area contributed by atoms with Gasteiger partial charge in [-0.1, -0.05) is 6.07 Å². The number of aromatic nitrogens is 1. The third-order valence-electron chi connectivity index (χ3n) is 3.49. The maximum atomic E-state index is 12.2. The molecule has 0 fully saturated rings. The van der Waals surface area contributed by atoms with Crippen molar-refractivity contribution in [2.24, 2.45) is 0 Å². The van der Waals surface area contributed by atoms with E-state index in [1.165, 1.54) is 29.5 Å². The molecule has 6 heteroatoms. The zero-order valence-electron chi connectivity index (χ0n) is 12.9. The van der Waals surface area contributed by atoms with E-state index in [1.807, 2.05) is 31.2 Å². The van der Waals surface area contributed by atoms with Crippen molar-refractivity contribution in [3.8, 4) is 5.69 Å². The van der Waals surface area contributed by atoms with E-state index in [1.54, 1.807) is 29.0 Å². The van der Waals surface area contributed by atoms with Crippen LogP contribution >= 0.6 is 11.3 Å². The Bertz CT molecular complexity index is 937. The number of carbonyl (C=O) groups is 1. The van der Waals surface area contributed by atoms with E-state index in [9.17, 15) is 14.9 Å². The molecule has 24 heavy (non-hydrogen) atoms. The van der Waals surface area contributed by atoms with E-state index in [4.69, 9.17) is 0 Å². The molecule has 0 unspecified atom stereocenters. The average Bonchev–Trinajstić information content (AvgIpc) is 3.21. The fraction of sp³-hybridized carbons (Fsp3) is 0.0556. The molecule has 0 atom stereocenters. The summed E-state index contributed by atoms with van der Waals surface area (Å²) in [6, 6.07) is 13.8. The third-order valence-corrected chi connectivity index (χ3v) is 4.50. The highest BCUT2D eigenvalue weighted by Gasteiger charge is 2.09. The molecule has 2 heterocycles. The van der Waals surface area contributed by atoms with Gasteiger partial charge in [-0.05, 0) is 49.4 Å². The predicted octanol–water partition coefficient (Wildman–Crippen LogP) is 4.65. The van der Waals surface area contributed by atoms with Crippen LogP contribution < -0.4 is 0 Å². The topological polar surface area (TPSA) is 65.1 Å². The van der Waals surface area contributed by atoms with Crippen LogP contribution in [0.1, 0.15) is 20.2 Å². The molecule has 5 nitrogen and oxygen atoms in total. The van der Waals surface area contributed by atoms with Crippen LogP contribution in [0.25, 0.3) is 11.8 Å². The molecule has 0 saturated carbocycles. The number of thiophene rings is 1. The highest BCUT2D eigenvalue weighted by atomic mass is 32.1. The molecular formula is C18H14N2O3S. The molecule has 0 aliphatic rings. The summed E-state index contributed by atoms with van der Waals surface area (Å²) in [4.78, 5) is 24.4. The molecule has 3 rings (SSSR count). The molecular weight excluding hydrogens is 324 g/mol. The first-order valence-electron chi connectivity index (χ1n) is 7.25. The Morgan fingerprint density at radius 1 is 1.21 bits per heavy atom.